The van der Waals surface area contributed by atoms with Crippen LogP contribution in [0, 0.1) is 5.92 Å². The molecule has 1 aliphatic heterocycles. The SMILES string of the molecule is CCCNC(=O)NCC(C(C)C)N1CCc2ccccc2C1. The average molecular weight is 303 g/mol. The van der Waals surface area contributed by atoms with E-state index in [1.807, 2.05) is 0 Å². The van der Waals surface area contributed by atoms with Gasteiger partial charge in [0, 0.05) is 32.2 Å². The van der Waals surface area contributed by atoms with Crippen molar-refractivity contribution in [2.75, 3.05) is 19.6 Å². The average Bonchev–Trinajstić information content (AvgIpc) is 2.52. The molecule has 0 saturated heterocycles. The first-order chi connectivity index (χ1) is 10.6. The predicted octanol–water partition coefficient (Wildman–Crippen LogP) is 2.78. The van der Waals surface area contributed by atoms with Crippen LogP contribution in [0.2, 0.25) is 0 Å². The normalized spacial score (nSPS) is 16.2. The highest BCUT2D eigenvalue weighted by Crippen LogP contribution is 2.22. The molecule has 2 N–H and O–H groups in total. The van der Waals surface area contributed by atoms with E-state index in [9.17, 15) is 4.79 Å². The van der Waals surface area contributed by atoms with Gasteiger partial charge in [0.25, 0.3) is 0 Å². The van der Waals surface area contributed by atoms with Gasteiger partial charge in [-0.3, -0.25) is 4.90 Å². The van der Waals surface area contributed by atoms with Gasteiger partial charge in [-0.1, -0.05) is 45.0 Å². The summed E-state index contributed by atoms with van der Waals surface area (Å²) in [5.41, 5.74) is 2.89. The maximum absolute atomic E-state index is 11.8. The zero-order valence-electron chi connectivity index (χ0n) is 14.1. The Hall–Kier alpha value is -1.55. The van der Waals surface area contributed by atoms with Crippen molar-refractivity contribution in [2.45, 2.75) is 46.2 Å². The van der Waals surface area contributed by atoms with E-state index in [1.54, 1.807) is 0 Å². The van der Waals surface area contributed by atoms with Gasteiger partial charge in [-0.15, -0.1) is 0 Å². The second-order valence-corrected chi connectivity index (χ2v) is 6.44. The Kier molecular flexibility index (Phi) is 6.25. The van der Waals surface area contributed by atoms with Crippen LogP contribution >= 0.6 is 0 Å². The Bertz CT molecular complexity index is 487. The number of nitrogens with one attached hydrogen (secondary N) is 2. The van der Waals surface area contributed by atoms with Crippen molar-refractivity contribution in [3.05, 3.63) is 35.4 Å². The number of urea groups is 1. The van der Waals surface area contributed by atoms with Crippen LogP contribution in [0.15, 0.2) is 24.3 Å². The van der Waals surface area contributed by atoms with E-state index in [0.29, 0.717) is 18.5 Å². The summed E-state index contributed by atoms with van der Waals surface area (Å²) in [6.07, 6.45) is 2.06. The fourth-order valence-electron chi connectivity index (χ4n) is 3.09. The summed E-state index contributed by atoms with van der Waals surface area (Å²) in [5, 5.41) is 5.91. The van der Waals surface area contributed by atoms with Crippen LogP contribution in [0.4, 0.5) is 4.79 Å². The van der Waals surface area contributed by atoms with Crippen molar-refractivity contribution in [1.29, 1.82) is 0 Å². The van der Waals surface area contributed by atoms with Crippen molar-refractivity contribution < 1.29 is 4.79 Å². The number of benzene rings is 1. The Labute approximate surface area is 134 Å². The molecule has 0 spiro atoms. The van der Waals surface area contributed by atoms with Gasteiger partial charge in [-0.2, -0.15) is 0 Å². The molecule has 4 heteroatoms. The second-order valence-electron chi connectivity index (χ2n) is 6.44. The lowest BCUT2D eigenvalue weighted by Gasteiger charge is -2.38. The molecule has 4 nitrogen and oxygen atoms in total. The summed E-state index contributed by atoms with van der Waals surface area (Å²) >= 11 is 0. The van der Waals surface area contributed by atoms with E-state index in [1.165, 1.54) is 11.1 Å². The van der Waals surface area contributed by atoms with E-state index in [0.717, 1.165) is 32.5 Å². The zero-order valence-corrected chi connectivity index (χ0v) is 14.1. The third-order valence-electron chi connectivity index (χ3n) is 4.41. The molecule has 2 rings (SSSR count). The monoisotopic (exact) mass is 303 g/mol. The summed E-state index contributed by atoms with van der Waals surface area (Å²) in [5.74, 6) is 0.511. The Balaban J connectivity index is 1.93. The van der Waals surface area contributed by atoms with E-state index >= 15 is 0 Å². The number of carbonyl (C=O) groups is 1. The van der Waals surface area contributed by atoms with E-state index in [2.05, 4.69) is 60.6 Å². The predicted molar refractivity (Wildman–Crippen MR) is 90.9 cm³/mol. The largest absolute Gasteiger partial charge is 0.338 e. The van der Waals surface area contributed by atoms with Crippen LogP contribution in [-0.4, -0.2) is 36.6 Å². The summed E-state index contributed by atoms with van der Waals surface area (Å²) in [6.45, 7) is 10.0. The number of rotatable bonds is 6. The van der Waals surface area contributed by atoms with Gasteiger partial charge in [0.1, 0.15) is 0 Å². The standard InChI is InChI=1S/C18H29N3O/c1-4-10-19-18(22)20-12-17(14(2)3)21-11-9-15-7-5-6-8-16(15)13-21/h5-8,14,17H,4,9-13H2,1-3H3,(H2,19,20,22). The molecule has 1 aliphatic rings. The van der Waals surface area contributed by atoms with Gasteiger partial charge < -0.3 is 10.6 Å². The third-order valence-corrected chi connectivity index (χ3v) is 4.41. The molecule has 0 saturated carbocycles. The summed E-state index contributed by atoms with van der Waals surface area (Å²) in [7, 11) is 0. The lowest BCUT2D eigenvalue weighted by Crippen LogP contribution is -2.50. The minimum atomic E-state index is -0.0510. The fraction of sp³-hybridized carbons (Fsp3) is 0.611. The van der Waals surface area contributed by atoms with E-state index < -0.39 is 0 Å². The van der Waals surface area contributed by atoms with Crippen molar-refractivity contribution in [3.8, 4) is 0 Å². The molecule has 1 unspecified atom stereocenters. The Morgan fingerprint density at radius 1 is 1.23 bits per heavy atom. The van der Waals surface area contributed by atoms with Crippen molar-refractivity contribution >= 4 is 6.03 Å². The van der Waals surface area contributed by atoms with Gasteiger partial charge >= 0.3 is 6.03 Å². The molecule has 0 bridgehead atoms. The van der Waals surface area contributed by atoms with E-state index in [-0.39, 0.29) is 6.03 Å². The molecule has 0 aromatic heterocycles. The molecule has 0 aliphatic carbocycles. The highest BCUT2D eigenvalue weighted by atomic mass is 16.2. The molecule has 22 heavy (non-hydrogen) atoms. The molecule has 2 amide bonds. The first kappa shape index (κ1) is 16.8. The molecule has 1 atom stereocenters. The van der Waals surface area contributed by atoms with Gasteiger partial charge in [-0.25, -0.2) is 4.79 Å². The number of nitrogens with zero attached hydrogens (tertiary/aromatic N) is 1. The fourth-order valence-corrected chi connectivity index (χ4v) is 3.09. The molecular weight excluding hydrogens is 274 g/mol. The van der Waals surface area contributed by atoms with Gasteiger partial charge in [0.2, 0.25) is 0 Å². The first-order valence-corrected chi connectivity index (χ1v) is 8.44. The number of amides is 2. The molecule has 122 valence electrons. The van der Waals surface area contributed by atoms with Crippen molar-refractivity contribution in [1.82, 2.24) is 15.5 Å². The molecule has 0 radical (unpaired) electrons. The molecule has 1 aromatic carbocycles. The van der Waals surface area contributed by atoms with Crippen molar-refractivity contribution in [3.63, 3.8) is 0 Å². The van der Waals surface area contributed by atoms with Gasteiger partial charge in [-0.05, 0) is 29.9 Å². The summed E-state index contributed by atoms with van der Waals surface area (Å²) in [4.78, 5) is 14.3. The quantitative estimate of drug-likeness (QED) is 0.849. The highest BCUT2D eigenvalue weighted by molar-refractivity contribution is 5.73. The van der Waals surface area contributed by atoms with Gasteiger partial charge in [0.05, 0.1) is 0 Å². The van der Waals surface area contributed by atoms with Crippen LogP contribution in [0.3, 0.4) is 0 Å². The molecule has 1 heterocycles. The second kappa shape index (κ2) is 8.18. The van der Waals surface area contributed by atoms with Crippen LogP contribution < -0.4 is 10.6 Å². The number of hydrogen-bond donors (Lipinski definition) is 2. The zero-order chi connectivity index (χ0) is 15.9. The van der Waals surface area contributed by atoms with Crippen LogP contribution in [0.1, 0.15) is 38.3 Å². The maximum Gasteiger partial charge on any atom is 0.314 e. The lowest BCUT2D eigenvalue weighted by molar-refractivity contribution is 0.137. The van der Waals surface area contributed by atoms with Crippen molar-refractivity contribution in [2.24, 2.45) is 5.92 Å². The number of carbonyl (C=O) groups excluding carboxylic acids is 1. The smallest absolute Gasteiger partial charge is 0.314 e. The lowest BCUT2D eigenvalue weighted by atomic mass is 9.95. The Morgan fingerprint density at radius 2 is 1.95 bits per heavy atom. The van der Waals surface area contributed by atoms with E-state index in [4.69, 9.17) is 0 Å². The maximum atomic E-state index is 11.8. The minimum Gasteiger partial charge on any atom is -0.338 e. The Morgan fingerprint density at radius 3 is 2.64 bits per heavy atom. The topological polar surface area (TPSA) is 44.4 Å². The molecule has 0 fully saturated rings. The first-order valence-electron chi connectivity index (χ1n) is 8.44. The van der Waals surface area contributed by atoms with Crippen LogP contribution in [0.5, 0.6) is 0 Å². The minimum absolute atomic E-state index is 0.0510. The summed E-state index contributed by atoms with van der Waals surface area (Å²) in [6, 6.07) is 9.01. The molecular formula is C18H29N3O. The highest BCUT2D eigenvalue weighted by Gasteiger charge is 2.25. The van der Waals surface area contributed by atoms with Crippen LogP contribution in [0.25, 0.3) is 0 Å². The third kappa shape index (κ3) is 4.47. The van der Waals surface area contributed by atoms with Crippen LogP contribution in [-0.2, 0) is 13.0 Å². The summed E-state index contributed by atoms with van der Waals surface area (Å²) < 4.78 is 0. The van der Waals surface area contributed by atoms with Gasteiger partial charge in [0.15, 0.2) is 0 Å². The molecule has 1 aromatic rings. The number of fused-ring (bicyclic) bond motifs is 1. The number of hydrogen-bond acceptors (Lipinski definition) is 2.